The highest BCUT2D eigenvalue weighted by Crippen LogP contribution is 2.42. The first kappa shape index (κ1) is 16.2. The molecule has 3 heterocycles. The molecule has 0 aromatic carbocycles. The number of amides is 1. The molecule has 0 aliphatic rings. The first-order valence-electron chi connectivity index (χ1n) is 6.70. The summed E-state index contributed by atoms with van der Waals surface area (Å²) < 4.78 is 41.1. The number of nitrogens with zero attached hydrogens (tertiary/aromatic N) is 3. The van der Waals surface area contributed by atoms with Crippen molar-refractivity contribution in [1.29, 1.82) is 0 Å². The molecule has 0 aliphatic heterocycles. The Labute approximate surface area is 137 Å². The average Bonchev–Trinajstić information content (AvgIpc) is 2.99. The maximum Gasteiger partial charge on any atom is 0.433 e. The number of hydrogen-bond acceptors (Lipinski definition) is 5. The van der Waals surface area contributed by atoms with Gasteiger partial charge < -0.3 is 11.5 Å². The van der Waals surface area contributed by atoms with E-state index >= 15 is 0 Å². The molecule has 4 N–H and O–H groups in total. The number of nitrogens with two attached hydrogens (primary N) is 2. The van der Waals surface area contributed by atoms with E-state index in [2.05, 4.69) is 10.1 Å². The van der Waals surface area contributed by atoms with E-state index in [-0.39, 0.29) is 26.3 Å². The van der Waals surface area contributed by atoms with Gasteiger partial charge in [-0.25, -0.2) is 4.98 Å². The molecule has 0 atom stereocenters. The topological polar surface area (TPSA) is 99.8 Å². The summed E-state index contributed by atoms with van der Waals surface area (Å²) in [6, 6.07) is 0.917. The van der Waals surface area contributed by atoms with Crippen LogP contribution in [0.25, 0.3) is 21.3 Å². The number of aryl methyl sites for hydroxylation is 1. The third kappa shape index (κ3) is 2.39. The SMILES string of the molecule is Cc1c(-c2cc(C(F)(F)F)nc3sc(C(N)=O)c(N)c23)cnn1C. The number of halogens is 3. The molecular formula is C14H12F3N5OS. The van der Waals surface area contributed by atoms with Crippen molar-refractivity contribution in [3.05, 3.63) is 28.5 Å². The Bertz CT molecular complexity index is 973. The van der Waals surface area contributed by atoms with E-state index in [0.29, 0.717) is 11.3 Å². The molecule has 0 spiro atoms. The summed E-state index contributed by atoms with van der Waals surface area (Å²) in [6.07, 6.45) is -3.18. The number of fused-ring (bicyclic) bond motifs is 1. The first-order chi connectivity index (χ1) is 11.1. The Morgan fingerprint density at radius 3 is 2.50 bits per heavy atom. The number of alkyl halides is 3. The van der Waals surface area contributed by atoms with Crippen LogP contribution < -0.4 is 11.5 Å². The molecule has 24 heavy (non-hydrogen) atoms. The number of pyridine rings is 1. The number of hydrogen-bond donors (Lipinski definition) is 2. The second-order valence-electron chi connectivity index (χ2n) is 5.21. The fraction of sp³-hybridized carbons (Fsp3) is 0.214. The van der Waals surface area contributed by atoms with Gasteiger partial charge in [-0.3, -0.25) is 9.48 Å². The molecule has 0 fully saturated rings. The number of carbonyl (C=O) groups excluding carboxylic acids is 1. The quantitative estimate of drug-likeness (QED) is 0.738. The van der Waals surface area contributed by atoms with Crippen molar-refractivity contribution in [3.8, 4) is 11.1 Å². The van der Waals surface area contributed by atoms with Crippen molar-refractivity contribution >= 4 is 33.1 Å². The lowest BCUT2D eigenvalue weighted by molar-refractivity contribution is -0.140. The van der Waals surface area contributed by atoms with Gasteiger partial charge in [0.05, 0.1) is 11.9 Å². The van der Waals surface area contributed by atoms with Crippen LogP contribution in [-0.4, -0.2) is 20.7 Å². The summed E-state index contributed by atoms with van der Waals surface area (Å²) in [4.78, 5) is 15.1. The summed E-state index contributed by atoms with van der Waals surface area (Å²) in [5, 5.41) is 4.32. The van der Waals surface area contributed by atoms with Crippen LogP contribution in [0.5, 0.6) is 0 Å². The Kier molecular flexibility index (Phi) is 3.52. The highest BCUT2D eigenvalue weighted by Gasteiger charge is 2.35. The van der Waals surface area contributed by atoms with Crippen molar-refractivity contribution in [2.24, 2.45) is 12.8 Å². The molecular weight excluding hydrogens is 343 g/mol. The smallest absolute Gasteiger partial charge is 0.397 e. The van der Waals surface area contributed by atoms with Gasteiger partial charge in [0.1, 0.15) is 15.4 Å². The number of nitrogen functional groups attached to an aromatic ring is 1. The Morgan fingerprint density at radius 1 is 1.33 bits per heavy atom. The van der Waals surface area contributed by atoms with Gasteiger partial charge in [-0.2, -0.15) is 18.3 Å². The summed E-state index contributed by atoms with van der Waals surface area (Å²) in [6.45, 7) is 1.72. The van der Waals surface area contributed by atoms with E-state index < -0.39 is 17.8 Å². The zero-order valence-corrected chi connectivity index (χ0v) is 13.4. The number of anilines is 1. The van der Waals surface area contributed by atoms with Crippen molar-refractivity contribution in [2.75, 3.05) is 5.73 Å². The number of carbonyl (C=O) groups is 1. The maximum atomic E-state index is 13.2. The second kappa shape index (κ2) is 5.20. The lowest BCUT2D eigenvalue weighted by atomic mass is 10.0. The standard InChI is InChI=1S/C14H12F3N5OS/c1-5-7(4-20-22(5)2)6-3-8(14(15,16)17)21-13-9(6)10(18)11(24-13)12(19)23/h3-4H,18H2,1-2H3,(H2,19,23). The molecule has 0 saturated heterocycles. The molecule has 10 heteroatoms. The molecule has 0 aliphatic carbocycles. The van der Waals surface area contributed by atoms with E-state index in [1.54, 1.807) is 14.0 Å². The Morgan fingerprint density at radius 2 is 2.00 bits per heavy atom. The molecule has 3 aromatic heterocycles. The van der Waals surface area contributed by atoms with Crippen LogP contribution in [0, 0.1) is 6.92 Å². The largest absolute Gasteiger partial charge is 0.433 e. The molecule has 126 valence electrons. The van der Waals surface area contributed by atoms with Crippen LogP contribution in [-0.2, 0) is 13.2 Å². The highest BCUT2D eigenvalue weighted by atomic mass is 32.1. The fourth-order valence-electron chi connectivity index (χ4n) is 2.42. The fourth-order valence-corrected chi connectivity index (χ4v) is 3.40. The maximum absolute atomic E-state index is 13.2. The minimum Gasteiger partial charge on any atom is -0.397 e. The van der Waals surface area contributed by atoms with E-state index in [0.717, 1.165) is 17.4 Å². The summed E-state index contributed by atoms with van der Waals surface area (Å²) in [7, 11) is 1.67. The Balaban J connectivity index is 2.44. The second-order valence-corrected chi connectivity index (χ2v) is 6.21. The van der Waals surface area contributed by atoms with Crippen LogP contribution in [0.3, 0.4) is 0 Å². The van der Waals surface area contributed by atoms with Gasteiger partial charge in [0.2, 0.25) is 0 Å². The predicted molar refractivity (Wildman–Crippen MR) is 84.5 cm³/mol. The summed E-state index contributed by atoms with van der Waals surface area (Å²) in [5.74, 6) is -0.807. The van der Waals surface area contributed by atoms with E-state index in [9.17, 15) is 18.0 Å². The van der Waals surface area contributed by atoms with Gasteiger partial charge in [0.15, 0.2) is 0 Å². The van der Waals surface area contributed by atoms with Gasteiger partial charge in [0, 0.05) is 23.7 Å². The van der Waals surface area contributed by atoms with Crippen molar-refractivity contribution in [2.45, 2.75) is 13.1 Å². The zero-order chi connectivity index (χ0) is 17.8. The van der Waals surface area contributed by atoms with E-state index in [1.165, 1.54) is 10.9 Å². The van der Waals surface area contributed by atoms with Crippen LogP contribution >= 0.6 is 11.3 Å². The predicted octanol–water partition coefficient (Wildman–Crippen LogP) is 2.71. The van der Waals surface area contributed by atoms with Crippen molar-refractivity contribution in [1.82, 2.24) is 14.8 Å². The molecule has 0 radical (unpaired) electrons. The third-order valence-corrected chi connectivity index (χ3v) is 4.85. The first-order valence-corrected chi connectivity index (χ1v) is 7.52. The molecule has 6 nitrogen and oxygen atoms in total. The molecule has 0 bridgehead atoms. The summed E-state index contributed by atoms with van der Waals surface area (Å²) in [5.41, 5.74) is 11.5. The van der Waals surface area contributed by atoms with Crippen LogP contribution in [0.2, 0.25) is 0 Å². The number of rotatable bonds is 2. The van der Waals surface area contributed by atoms with Gasteiger partial charge in [-0.05, 0) is 18.6 Å². The molecule has 3 aromatic rings. The molecule has 3 rings (SSSR count). The molecule has 0 unspecified atom stereocenters. The minimum absolute atomic E-state index is 0.00868. The monoisotopic (exact) mass is 355 g/mol. The van der Waals surface area contributed by atoms with Crippen LogP contribution in [0.15, 0.2) is 12.3 Å². The third-order valence-electron chi connectivity index (χ3n) is 3.74. The van der Waals surface area contributed by atoms with Crippen LogP contribution in [0.1, 0.15) is 21.1 Å². The average molecular weight is 355 g/mol. The van der Waals surface area contributed by atoms with Crippen molar-refractivity contribution < 1.29 is 18.0 Å². The van der Waals surface area contributed by atoms with Gasteiger partial charge >= 0.3 is 6.18 Å². The highest BCUT2D eigenvalue weighted by molar-refractivity contribution is 7.21. The van der Waals surface area contributed by atoms with Crippen LogP contribution in [0.4, 0.5) is 18.9 Å². The lowest BCUT2D eigenvalue weighted by Crippen LogP contribution is -2.10. The number of primary amides is 1. The normalized spacial score (nSPS) is 12.0. The zero-order valence-electron chi connectivity index (χ0n) is 12.6. The number of aromatic nitrogens is 3. The lowest BCUT2D eigenvalue weighted by Gasteiger charge is -2.10. The molecule has 0 saturated carbocycles. The van der Waals surface area contributed by atoms with E-state index in [1.807, 2.05) is 0 Å². The summed E-state index contributed by atoms with van der Waals surface area (Å²) >= 11 is 0.746. The Hall–Kier alpha value is -2.62. The minimum atomic E-state index is -4.63. The number of thiophene rings is 1. The molecule has 1 amide bonds. The van der Waals surface area contributed by atoms with E-state index in [4.69, 9.17) is 11.5 Å². The van der Waals surface area contributed by atoms with Gasteiger partial charge in [0.25, 0.3) is 5.91 Å². The van der Waals surface area contributed by atoms with Gasteiger partial charge in [-0.15, -0.1) is 11.3 Å². The van der Waals surface area contributed by atoms with Crippen molar-refractivity contribution in [3.63, 3.8) is 0 Å². The van der Waals surface area contributed by atoms with Gasteiger partial charge in [-0.1, -0.05) is 0 Å².